The molecule has 0 heterocycles. The van der Waals surface area contributed by atoms with Gasteiger partial charge >= 0.3 is 5.97 Å². The number of amides is 1. The Balaban J connectivity index is 1.39. The number of carbonyl (C=O) groups excluding carboxylic acids is 2. The van der Waals surface area contributed by atoms with Crippen molar-refractivity contribution in [1.29, 1.82) is 0 Å². The Bertz CT molecular complexity index is 965. The molecule has 1 aliphatic rings. The number of carboxylic acid groups (broad SMARTS) is 1. The average Bonchev–Trinajstić information content (AvgIpc) is 2.79. The summed E-state index contributed by atoms with van der Waals surface area (Å²) in [7, 11) is 0. The third-order valence-electron chi connectivity index (χ3n) is 5.80. The number of ether oxygens (including phenoxy) is 1. The maximum atomic E-state index is 13.6. The van der Waals surface area contributed by atoms with Crippen molar-refractivity contribution < 1.29 is 28.6 Å². The van der Waals surface area contributed by atoms with Crippen LogP contribution < -0.4 is 10.1 Å². The minimum atomic E-state index is -0.741. The second-order valence-electron chi connectivity index (χ2n) is 8.20. The van der Waals surface area contributed by atoms with E-state index in [9.17, 15) is 18.8 Å². The Morgan fingerprint density at radius 1 is 1.03 bits per heavy atom. The van der Waals surface area contributed by atoms with E-state index in [1.165, 1.54) is 6.07 Å². The van der Waals surface area contributed by atoms with Gasteiger partial charge < -0.3 is 15.2 Å². The molecule has 0 saturated heterocycles. The third-order valence-corrected chi connectivity index (χ3v) is 5.80. The number of aryl methyl sites for hydroxylation is 1. The molecule has 1 amide bonds. The van der Waals surface area contributed by atoms with Gasteiger partial charge in [0, 0.05) is 24.1 Å². The van der Waals surface area contributed by atoms with Gasteiger partial charge in [-0.1, -0.05) is 6.07 Å². The van der Waals surface area contributed by atoms with Gasteiger partial charge in [-0.05, 0) is 81.0 Å². The number of nitrogens with one attached hydrogen (secondary N) is 1. The molecule has 6 nitrogen and oxygen atoms in total. The molecule has 1 saturated carbocycles. The highest BCUT2D eigenvalue weighted by atomic mass is 19.1. The zero-order chi connectivity index (χ0) is 23.1. The van der Waals surface area contributed by atoms with E-state index in [4.69, 9.17) is 9.84 Å². The van der Waals surface area contributed by atoms with Gasteiger partial charge in [0.1, 0.15) is 11.6 Å². The van der Waals surface area contributed by atoms with E-state index in [0.29, 0.717) is 55.5 Å². The van der Waals surface area contributed by atoms with Crippen LogP contribution in [0, 0.1) is 18.7 Å². The molecule has 0 aliphatic heterocycles. The number of benzene rings is 2. The van der Waals surface area contributed by atoms with Crippen LogP contribution in [0.15, 0.2) is 42.5 Å². The van der Waals surface area contributed by atoms with Gasteiger partial charge in [0.2, 0.25) is 0 Å². The second-order valence-corrected chi connectivity index (χ2v) is 8.20. The molecule has 1 fully saturated rings. The van der Waals surface area contributed by atoms with Crippen LogP contribution in [0.25, 0.3) is 0 Å². The van der Waals surface area contributed by atoms with Crippen molar-refractivity contribution in [2.24, 2.45) is 5.92 Å². The Morgan fingerprint density at radius 3 is 2.31 bits per heavy atom. The fourth-order valence-electron chi connectivity index (χ4n) is 3.77. The number of hydrogen-bond acceptors (Lipinski definition) is 4. The van der Waals surface area contributed by atoms with Crippen molar-refractivity contribution in [2.75, 3.05) is 6.54 Å². The molecule has 0 radical (unpaired) electrons. The van der Waals surface area contributed by atoms with E-state index in [2.05, 4.69) is 5.32 Å². The average molecular weight is 441 g/mol. The second kappa shape index (κ2) is 10.9. The summed E-state index contributed by atoms with van der Waals surface area (Å²) in [4.78, 5) is 35.5. The molecule has 0 spiro atoms. The summed E-state index contributed by atoms with van der Waals surface area (Å²) in [5.74, 6) is -1.18. The van der Waals surface area contributed by atoms with E-state index in [1.807, 2.05) is 0 Å². The number of rotatable bonds is 9. The molecule has 0 atom stereocenters. The summed E-state index contributed by atoms with van der Waals surface area (Å²) in [6, 6.07) is 11.3. The van der Waals surface area contributed by atoms with Gasteiger partial charge in [-0.25, -0.2) is 4.39 Å². The van der Waals surface area contributed by atoms with Crippen LogP contribution in [-0.4, -0.2) is 35.4 Å². The quantitative estimate of drug-likeness (QED) is 0.440. The molecule has 2 N–H and O–H groups in total. The molecule has 1 aliphatic carbocycles. The number of aliphatic carboxylic acids is 1. The predicted octanol–water partition coefficient (Wildman–Crippen LogP) is 4.55. The number of halogens is 1. The fraction of sp³-hybridized carbons (Fsp3) is 0.400. The van der Waals surface area contributed by atoms with Gasteiger partial charge in [-0.3, -0.25) is 14.4 Å². The summed E-state index contributed by atoms with van der Waals surface area (Å²) in [5.41, 5.74) is 1.31. The monoisotopic (exact) mass is 441 g/mol. The third kappa shape index (κ3) is 6.39. The largest absolute Gasteiger partial charge is 0.490 e. The summed E-state index contributed by atoms with van der Waals surface area (Å²) in [5, 5.41) is 11.8. The molecular weight excluding hydrogens is 413 g/mol. The van der Waals surface area contributed by atoms with E-state index in [0.717, 1.165) is 0 Å². The van der Waals surface area contributed by atoms with Crippen molar-refractivity contribution in [3.8, 4) is 5.75 Å². The maximum Gasteiger partial charge on any atom is 0.306 e. The van der Waals surface area contributed by atoms with Crippen LogP contribution in [0.3, 0.4) is 0 Å². The lowest BCUT2D eigenvalue weighted by atomic mass is 9.87. The van der Waals surface area contributed by atoms with E-state index < -0.39 is 11.8 Å². The normalized spacial score (nSPS) is 18.1. The number of carboxylic acids is 1. The van der Waals surface area contributed by atoms with Crippen LogP contribution in [0.1, 0.15) is 64.8 Å². The number of hydrogen-bond donors (Lipinski definition) is 2. The summed E-state index contributed by atoms with van der Waals surface area (Å²) in [6.07, 6.45) is 3.40. The van der Waals surface area contributed by atoms with Gasteiger partial charge in [0.25, 0.3) is 5.91 Å². The lowest BCUT2D eigenvalue weighted by Crippen LogP contribution is -2.27. The van der Waals surface area contributed by atoms with Gasteiger partial charge in [-0.2, -0.15) is 0 Å². The topological polar surface area (TPSA) is 92.7 Å². The summed E-state index contributed by atoms with van der Waals surface area (Å²) in [6.45, 7) is 1.95. The molecule has 0 bridgehead atoms. The number of Topliss-reactive ketones (excluding diaryl/α,β-unsaturated/α-hetero) is 1. The lowest BCUT2D eigenvalue weighted by Gasteiger charge is -2.26. The molecule has 0 unspecified atom stereocenters. The van der Waals surface area contributed by atoms with Crippen molar-refractivity contribution in [3.63, 3.8) is 0 Å². The van der Waals surface area contributed by atoms with Crippen molar-refractivity contribution in [2.45, 2.75) is 51.6 Å². The van der Waals surface area contributed by atoms with E-state index in [-0.39, 0.29) is 35.7 Å². The molecule has 7 heteroatoms. The Hall–Kier alpha value is -3.22. The van der Waals surface area contributed by atoms with Gasteiger partial charge in [0.15, 0.2) is 5.78 Å². The summed E-state index contributed by atoms with van der Waals surface area (Å²) < 4.78 is 19.5. The Morgan fingerprint density at radius 2 is 1.69 bits per heavy atom. The van der Waals surface area contributed by atoms with Crippen LogP contribution in [-0.2, 0) is 4.79 Å². The van der Waals surface area contributed by atoms with Crippen molar-refractivity contribution in [1.82, 2.24) is 5.32 Å². The number of carbonyl (C=O) groups is 3. The molecule has 3 rings (SSSR count). The van der Waals surface area contributed by atoms with Crippen molar-refractivity contribution >= 4 is 17.7 Å². The van der Waals surface area contributed by atoms with Crippen LogP contribution in [0.4, 0.5) is 4.39 Å². The minimum absolute atomic E-state index is 0.00207. The SMILES string of the molecule is Cc1ccc(C(=O)NCCCC(=O)c2ccc(OC3CCC(C(=O)O)CC3)cc2)cc1F. The first-order chi connectivity index (χ1) is 15.3. The smallest absolute Gasteiger partial charge is 0.306 e. The first kappa shape index (κ1) is 23.4. The van der Waals surface area contributed by atoms with Crippen LogP contribution in [0.5, 0.6) is 5.75 Å². The minimum Gasteiger partial charge on any atom is -0.490 e. The highest BCUT2D eigenvalue weighted by Gasteiger charge is 2.26. The Kier molecular flexibility index (Phi) is 7.98. The lowest BCUT2D eigenvalue weighted by molar-refractivity contribution is -0.143. The zero-order valence-corrected chi connectivity index (χ0v) is 18.1. The molecule has 170 valence electrons. The van der Waals surface area contributed by atoms with E-state index in [1.54, 1.807) is 43.3 Å². The van der Waals surface area contributed by atoms with Crippen LogP contribution in [0.2, 0.25) is 0 Å². The first-order valence-electron chi connectivity index (χ1n) is 10.9. The van der Waals surface area contributed by atoms with Crippen molar-refractivity contribution in [3.05, 3.63) is 65.0 Å². The molecule has 2 aromatic carbocycles. The summed E-state index contributed by atoms with van der Waals surface area (Å²) >= 11 is 0. The highest BCUT2D eigenvalue weighted by molar-refractivity contribution is 5.96. The molecule has 2 aromatic rings. The van der Waals surface area contributed by atoms with Crippen LogP contribution >= 0.6 is 0 Å². The maximum absolute atomic E-state index is 13.6. The Labute approximate surface area is 186 Å². The van der Waals surface area contributed by atoms with Gasteiger partial charge in [0.05, 0.1) is 12.0 Å². The first-order valence-corrected chi connectivity index (χ1v) is 10.9. The van der Waals surface area contributed by atoms with E-state index >= 15 is 0 Å². The number of ketones is 1. The standard InChI is InChI=1S/C25H28FNO5/c1-16-4-5-19(15-22(16)26)24(29)27-14-2-3-23(28)17-6-10-20(11-7-17)32-21-12-8-18(9-13-21)25(30)31/h4-7,10-11,15,18,21H,2-3,8-9,12-14H2,1H3,(H,27,29)(H,30,31). The molecular formula is C25H28FNO5. The zero-order valence-electron chi connectivity index (χ0n) is 18.1. The predicted molar refractivity (Wildman–Crippen MR) is 117 cm³/mol. The van der Waals surface area contributed by atoms with Gasteiger partial charge in [-0.15, -0.1) is 0 Å². The molecule has 32 heavy (non-hydrogen) atoms. The highest BCUT2D eigenvalue weighted by Crippen LogP contribution is 2.28. The molecule has 0 aromatic heterocycles. The fourth-order valence-corrected chi connectivity index (χ4v) is 3.77.